The molecule has 2 aromatic rings. The zero-order valence-electron chi connectivity index (χ0n) is 14.9. The number of anilines is 3. The van der Waals surface area contributed by atoms with Crippen LogP contribution in [-0.4, -0.2) is 49.1 Å². The second-order valence-corrected chi connectivity index (χ2v) is 6.68. The maximum Gasteiger partial charge on any atom is 0.445 e. The summed E-state index contributed by atoms with van der Waals surface area (Å²) in [5.41, 5.74) is 1.22. The Morgan fingerprint density at radius 2 is 2.04 bits per heavy atom. The van der Waals surface area contributed by atoms with Gasteiger partial charge >= 0.3 is 12.2 Å². The zero-order chi connectivity index (χ0) is 20.1. The molecule has 1 aliphatic rings. The maximum atomic E-state index is 12.6. The van der Waals surface area contributed by atoms with Gasteiger partial charge in [0.15, 0.2) is 0 Å². The number of nitrogens with one attached hydrogen (secondary N) is 2. The molecule has 1 aromatic heterocycles. The van der Waals surface area contributed by atoms with Crippen molar-refractivity contribution in [3.05, 3.63) is 23.2 Å². The number of morpholine rings is 1. The van der Waals surface area contributed by atoms with Gasteiger partial charge in [-0.25, -0.2) is 4.79 Å². The molecule has 1 fully saturated rings. The van der Waals surface area contributed by atoms with Gasteiger partial charge in [-0.05, 0) is 19.1 Å². The van der Waals surface area contributed by atoms with Crippen LogP contribution >= 0.6 is 11.3 Å². The highest BCUT2D eigenvalue weighted by Crippen LogP contribution is 2.34. The molecule has 2 amide bonds. The van der Waals surface area contributed by atoms with E-state index >= 15 is 0 Å². The number of urea groups is 1. The summed E-state index contributed by atoms with van der Waals surface area (Å²) >= 11 is 0.254. The van der Waals surface area contributed by atoms with Gasteiger partial charge < -0.3 is 19.7 Å². The average Bonchev–Trinajstić information content (AvgIpc) is 3.13. The van der Waals surface area contributed by atoms with E-state index in [9.17, 15) is 18.0 Å². The van der Waals surface area contributed by atoms with Crippen LogP contribution in [0.25, 0.3) is 0 Å². The molecule has 0 saturated carbocycles. The minimum Gasteiger partial charge on any atom is -0.494 e. The van der Waals surface area contributed by atoms with E-state index in [1.54, 1.807) is 18.2 Å². The first-order valence-corrected chi connectivity index (χ1v) is 9.26. The number of nitrogens with zero attached hydrogens (tertiary/aromatic N) is 3. The fourth-order valence-corrected chi connectivity index (χ4v) is 3.18. The fraction of sp³-hybridized carbons (Fsp3) is 0.438. The van der Waals surface area contributed by atoms with Crippen molar-refractivity contribution in [3.63, 3.8) is 0 Å². The number of rotatable bonds is 5. The number of carbonyl (C=O) groups excluding carboxylic acids is 1. The number of aromatic nitrogens is 2. The number of alkyl halides is 3. The van der Waals surface area contributed by atoms with Crippen LogP contribution in [-0.2, 0) is 10.9 Å². The Hall–Kier alpha value is -2.60. The quantitative estimate of drug-likeness (QED) is 0.775. The molecule has 28 heavy (non-hydrogen) atoms. The third kappa shape index (κ3) is 5.01. The number of halogens is 3. The summed E-state index contributed by atoms with van der Waals surface area (Å²) in [6.45, 7) is 4.74. The smallest absolute Gasteiger partial charge is 0.445 e. The van der Waals surface area contributed by atoms with Crippen molar-refractivity contribution in [2.45, 2.75) is 13.1 Å². The first kappa shape index (κ1) is 20.1. The molecule has 2 N–H and O–H groups in total. The van der Waals surface area contributed by atoms with E-state index in [1.807, 2.05) is 11.8 Å². The standard InChI is InChI=1S/C16H18F3N5O3S/c1-2-27-10-3-4-11(12(9-10)24-5-7-26-8-6-24)20-14(25)21-15-23-22-13(28-15)16(17,18)19/h3-4,9H,2,5-8H2,1H3,(H2,20,21,23,25). The molecule has 0 unspecified atom stereocenters. The molecule has 2 heterocycles. The lowest BCUT2D eigenvalue weighted by molar-refractivity contribution is -0.138. The average molecular weight is 417 g/mol. The van der Waals surface area contributed by atoms with Gasteiger partial charge in [-0.1, -0.05) is 11.3 Å². The van der Waals surface area contributed by atoms with Crippen molar-refractivity contribution in [2.24, 2.45) is 0 Å². The summed E-state index contributed by atoms with van der Waals surface area (Å²) in [5.74, 6) is 0.647. The normalized spacial score (nSPS) is 14.6. The zero-order valence-corrected chi connectivity index (χ0v) is 15.7. The SMILES string of the molecule is CCOc1ccc(NC(=O)Nc2nnc(C(F)(F)F)s2)c(N2CCOCC2)c1. The minimum atomic E-state index is -4.60. The predicted molar refractivity (Wildman–Crippen MR) is 98.2 cm³/mol. The lowest BCUT2D eigenvalue weighted by Crippen LogP contribution is -2.37. The second-order valence-electron chi connectivity index (χ2n) is 5.70. The highest BCUT2D eigenvalue weighted by Gasteiger charge is 2.35. The molecule has 0 aliphatic carbocycles. The van der Waals surface area contributed by atoms with Crippen molar-refractivity contribution < 1.29 is 27.4 Å². The van der Waals surface area contributed by atoms with Crippen molar-refractivity contribution in [1.82, 2.24) is 10.2 Å². The van der Waals surface area contributed by atoms with E-state index in [4.69, 9.17) is 9.47 Å². The number of amides is 2. The monoisotopic (exact) mass is 417 g/mol. The van der Waals surface area contributed by atoms with Crippen LogP contribution in [0.15, 0.2) is 18.2 Å². The Kier molecular flexibility index (Phi) is 6.19. The van der Waals surface area contributed by atoms with E-state index < -0.39 is 17.2 Å². The molecule has 1 aliphatic heterocycles. The van der Waals surface area contributed by atoms with Gasteiger partial charge in [-0.2, -0.15) is 13.2 Å². The Balaban J connectivity index is 1.74. The molecule has 1 saturated heterocycles. The molecule has 0 spiro atoms. The van der Waals surface area contributed by atoms with Crippen LogP contribution in [0.1, 0.15) is 11.9 Å². The molecule has 1 aromatic carbocycles. The summed E-state index contributed by atoms with van der Waals surface area (Å²) in [5, 5.41) is 9.92. The summed E-state index contributed by atoms with van der Waals surface area (Å²) in [7, 11) is 0. The van der Waals surface area contributed by atoms with Crippen LogP contribution in [0, 0.1) is 0 Å². The lowest BCUT2D eigenvalue weighted by atomic mass is 10.2. The molecule has 8 nitrogen and oxygen atoms in total. The van der Waals surface area contributed by atoms with Crippen molar-refractivity contribution in [1.29, 1.82) is 0 Å². The Morgan fingerprint density at radius 3 is 2.68 bits per heavy atom. The molecule has 0 atom stereocenters. The van der Waals surface area contributed by atoms with E-state index in [0.29, 0.717) is 44.3 Å². The van der Waals surface area contributed by atoms with E-state index in [-0.39, 0.29) is 16.5 Å². The van der Waals surface area contributed by atoms with Crippen LogP contribution in [0.4, 0.5) is 34.5 Å². The first-order chi connectivity index (χ1) is 13.4. The van der Waals surface area contributed by atoms with Gasteiger partial charge in [0.1, 0.15) is 5.75 Å². The molecule has 12 heteroatoms. The van der Waals surface area contributed by atoms with E-state index in [2.05, 4.69) is 20.8 Å². The predicted octanol–water partition coefficient (Wildman–Crippen LogP) is 3.44. The van der Waals surface area contributed by atoms with Crippen molar-refractivity contribution >= 4 is 33.9 Å². The van der Waals surface area contributed by atoms with Gasteiger partial charge in [0, 0.05) is 19.2 Å². The fourth-order valence-electron chi connectivity index (χ4n) is 2.58. The number of carbonyl (C=O) groups is 1. The van der Waals surface area contributed by atoms with E-state index in [0.717, 1.165) is 5.69 Å². The van der Waals surface area contributed by atoms with Gasteiger partial charge in [0.25, 0.3) is 0 Å². The van der Waals surface area contributed by atoms with Gasteiger partial charge in [0.05, 0.1) is 31.2 Å². The highest BCUT2D eigenvalue weighted by atomic mass is 32.1. The van der Waals surface area contributed by atoms with Gasteiger partial charge in [0.2, 0.25) is 10.1 Å². The number of benzene rings is 1. The molecule has 0 bridgehead atoms. The summed E-state index contributed by atoms with van der Waals surface area (Å²) in [6.07, 6.45) is -4.60. The Bertz CT molecular complexity index is 824. The minimum absolute atomic E-state index is 0.247. The van der Waals surface area contributed by atoms with E-state index in [1.165, 1.54) is 0 Å². The molecule has 3 rings (SSSR count). The second kappa shape index (κ2) is 8.61. The van der Waals surface area contributed by atoms with Gasteiger partial charge in [-0.3, -0.25) is 5.32 Å². The summed E-state index contributed by atoms with van der Waals surface area (Å²) in [6, 6.07) is 4.47. The lowest BCUT2D eigenvalue weighted by Gasteiger charge is -2.30. The molecular formula is C16H18F3N5O3S. The molecular weight excluding hydrogens is 399 g/mol. The summed E-state index contributed by atoms with van der Waals surface area (Å²) < 4.78 is 48.7. The largest absolute Gasteiger partial charge is 0.494 e. The topological polar surface area (TPSA) is 88.6 Å². The van der Waals surface area contributed by atoms with Crippen LogP contribution < -0.4 is 20.3 Å². The maximum absolute atomic E-state index is 12.6. The third-order valence-corrected chi connectivity index (χ3v) is 4.65. The molecule has 152 valence electrons. The van der Waals surface area contributed by atoms with Crippen LogP contribution in [0.5, 0.6) is 5.75 Å². The van der Waals surface area contributed by atoms with Crippen molar-refractivity contribution in [3.8, 4) is 5.75 Å². The van der Waals surface area contributed by atoms with Crippen LogP contribution in [0.2, 0.25) is 0 Å². The number of ether oxygens (including phenoxy) is 2. The number of hydrogen-bond donors (Lipinski definition) is 2. The van der Waals surface area contributed by atoms with Crippen molar-refractivity contribution in [2.75, 3.05) is 48.4 Å². The third-order valence-electron chi connectivity index (χ3n) is 3.77. The summed E-state index contributed by atoms with van der Waals surface area (Å²) in [4.78, 5) is 14.3. The Labute approximate surface area is 162 Å². The highest BCUT2D eigenvalue weighted by molar-refractivity contribution is 7.15. The molecule has 0 radical (unpaired) electrons. The Morgan fingerprint density at radius 1 is 1.29 bits per heavy atom. The van der Waals surface area contributed by atoms with Crippen LogP contribution in [0.3, 0.4) is 0 Å². The first-order valence-electron chi connectivity index (χ1n) is 8.45. The number of hydrogen-bond acceptors (Lipinski definition) is 7. The van der Waals surface area contributed by atoms with Gasteiger partial charge in [-0.15, -0.1) is 10.2 Å².